The topological polar surface area (TPSA) is 113 Å². The lowest BCUT2D eigenvalue weighted by Gasteiger charge is -2.27. The van der Waals surface area contributed by atoms with Gasteiger partial charge in [-0.05, 0) is 51.1 Å². The zero-order valence-electron chi connectivity index (χ0n) is 15.5. The van der Waals surface area contributed by atoms with Crippen molar-refractivity contribution in [2.24, 2.45) is 5.73 Å². The number of nitrogens with two attached hydrogens (primary N) is 1. The van der Waals surface area contributed by atoms with Crippen LogP contribution in [0.4, 0.5) is 0 Å². The van der Waals surface area contributed by atoms with Crippen LogP contribution in [0.2, 0.25) is 0 Å². The van der Waals surface area contributed by atoms with E-state index >= 15 is 0 Å². The van der Waals surface area contributed by atoms with E-state index in [1.165, 1.54) is 0 Å². The Labute approximate surface area is 157 Å². The molecule has 3 rings (SSSR count). The van der Waals surface area contributed by atoms with E-state index in [4.69, 9.17) is 5.73 Å². The molecule has 27 heavy (non-hydrogen) atoms. The maximum Gasteiger partial charge on any atom is 0.262 e. The van der Waals surface area contributed by atoms with Crippen molar-refractivity contribution in [2.45, 2.75) is 44.8 Å². The first kappa shape index (κ1) is 19.2. The van der Waals surface area contributed by atoms with Gasteiger partial charge in [-0.25, -0.2) is 0 Å². The van der Waals surface area contributed by atoms with E-state index in [-0.39, 0.29) is 18.7 Å². The Kier molecular flexibility index (Phi) is 5.38. The summed E-state index contributed by atoms with van der Waals surface area (Å²) in [5, 5.41) is 2.20. The molecule has 2 aliphatic heterocycles. The van der Waals surface area contributed by atoms with Crippen molar-refractivity contribution in [1.29, 1.82) is 0 Å². The first-order valence-corrected chi connectivity index (χ1v) is 9.08. The Balaban J connectivity index is 1.80. The molecule has 0 saturated carbocycles. The second kappa shape index (κ2) is 7.58. The number of benzene rings is 1. The summed E-state index contributed by atoms with van der Waals surface area (Å²) in [5.74, 6) is -1.95. The quantitative estimate of drug-likeness (QED) is 0.693. The van der Waals surface area contributed by atoms with E-state index < -0.39 is 23.8 Å². The normalized spacial score (nSPS) is 20.9. The molecular weight excluding hydrogens is 348 g/mol. The highest BCUT2D eigenvalue weighted by molar-refractivity contribution is 6.23. The third-order valence-electron chi connectivity index (χ3n) is 5.27. The number of nitrogens with one attached hydrogen (secondary N) is 1. The summed E-state index contributed by atoms with van der Waals surface area (Å²) in [6.45, 7) is 3.30. The maximum atomic E-state index is 12.8. The van der Waals surface area contributed by atoms with Gasteiger partial charge in [0.1, 0.15) is 6.04 Å². The van der Waals surface area contributed by atoms with E-state index in [1.54, 1.807) is 12.1 Å². The Bertz CT molecular complexity index is 807. The number of amides is 4. The highest BCUT2D eigenvalue weighted by atomic mass is 16.2. The lowest BCUT2D eigenvalue weighted by molar-refractivity contribution is -0.136. The van der Waals surface area contributed by atoms with Crippen LogP contribution < -0.4 is 11.1 Å². The van der Waals surface area contributed by atoms with Crippen LogP contribution in [0.5, 0.6) is 0 Å². The molecule has 8 heteroatoms. The highest BCUT2D eigenvalue weighted by Crippen LogP contribution is 2.28. The second-order valence-electron chi connectivity index (χ2n) is 7.17. The fourth-order valence-electron chi connectivity index (χ4n) is 3.52. The van der Waals surface area contributed by atoms with Crippen LogP contribution in [0.1, 0.15) is 52.5 Å². The zero-order chi connectivity index (χ0) is 19.7. The Morgan fingerprint density at radius 1 is 1.22 bits per heavy atom. The molecular formula is C19H24N4O4. The average molecular weight is 372 g/mol. The Morgan fingerprint density at radius 3 is 2.59 bits per heavy atom. The highest BCUT2D eigenvalue weighted by Gasteiger charge is 2.44. The number of piperidine rings is 1. The predicted octanol–water partition coefficient (Wildman–Crippen LogP) is 0.257. The van der Waals surface area contributed by atoms with Crippen LogP contribution in [-0.4, -0.2) is 59.1 Å². The van der Waals surface area contributed by atoms with Crippen molar-refractivity contribution in [2.75, 3.05) is 13.6 Å². The van der Waals surface area contributed by atoms with Gasteiger partial charge in [-0.1, -0.05) is 6.07 Å². The maximum absolute atomic E-state index is 12.8. The lowest BCUT2D eigenvalue weighted by atomic mass is 10.0. The predicted molar refractivity (Wildman–Crippen MR) is 97.7 cm³/mol. The van der Waals surface area contributed by atoms with Gasteiger partial charge >= 0.3 is 0 Å². The molecule has 2 heterocycles. The molecule has 2 unspecified atom stereocenters. The van der Waals surface area contributed by atoms with Crippen LogP contribution in [0.15, 0.2) is 18.2 Å². The van der Waals surface area contributed by atoms with Crippen molar-refractivity contribution in [1.82, 2.24) is 15.1 Å². The standard InChI is InChI=1S/C19H24N4O4/c1-11(7-8-20)22(2)10-12-3-4-13-14(9-12)19(27)23(18(13)26)15-5-6-16(24)21-17(15)25/h3-4,9,11,15H,5-8,10,20H2,1-2H3,(H,21,24,25). The fraction of sp³-hybridized carbons (Fsp3) is 0.474. The van der Waals surface area contributed by atoms with E-state index in [1.807, 2.05) is 13.1 Å². The van der Waals surface area contributed by atoms with Crippen molar-refractivity contribution >= 4 is 23.6 Å². The number of nitrogens with zero attached hydrogens (tertiary/aromatic N) is 2. The third kappa shape index (κ3) is 3.63. The molecule has 3 N–H and O–H groups in total. The van der Waals surface area contributed by atoms with Gasteiger partial charge in [-0.15, -0.1) is 0 Å². The third-order valence-corrected chi connectivity index (χ3v) is 5.27. The van der Waals surface area contributed by atoms with E-state index in [0.717, 1.165) is 16.9 Å². The van der Waals surface area contributed by atoms with Crippen LogP contribution in [0.25, 0.3) is 0 Å². The number of carbonyl (C=O) groups excluding carboxylic acids is 4. The molecule has 2 atom stereocenters. The molecule has 1 saturated heterocycles. The lowest BCUT2D eigenvalue weighted by Crippen LogP contribution is -2.54. The van der Waals surface area contributed by atoms with E-state index in [9.17, 15) is 19.2 Å². The molecule has 0 radical (unpaired) electrons. The summed E-state index contributed by atoms with van der Waals surface area (Å²) in [6.07, 6.45) is 1.13. The molecule has 1 aromatic carbocycles. The van der Waals surface area contributed by atoms with Gasteiger partial charge in [-0.3, -0.25) is 34.3 Å². The van der Waals surface area contributed by atoms with Crippen LogP contribution in [0, 0.1) is 0 Å². The van der Waals surface area contributed by atoms with Gasteiger partial charge in [0.2, 0.25) is 11.8 Å². The minimum Gasteiger partial charge on any atom is -0.330 e. The smallest absolute Gasteiger partial charge is 0.262 e. The number of hydrogen-bond donors (Lipinski definition) is 2. The van der Waals surface area contributed by atoms with Crippen LogP contribution >= 0.6 is 0 Å². The first-order chi connectivity index (χ1) is 12.8. The van der Waals surface area contributed by atoms with Gasteiger partial charge in [-0.2, -0.15) is 0 Å². The second-order valence-corrected chi connectivity index (χ2v) is 7.17. The number of carbonyl (C=O) groups is 4. The minimum absolute atomic E-state index is 0.110. The Hall–Kier alpha value is -2.58. The monoisotopic (exact) mass is 372 g/mol. The molecule has 8 nitrogen and oxygen atoms in total. The summed E-state index contributed by atoms with van der Waals surface area (Å²) < 4.78 is 0. The summed E-state index contributed by atoms with van der Waals surface area (Å²) in [7, 11) is 1.98. The zero-order valence-corrected chi connectivity index (χ0v) is 15.5. The van der Waals surface area contributed by atoms with Gasteiger partial charge in [0.15, 0.2) is 0 Å². The molecule has 1 fully saturated rings. The minimum atomic E-state index is -0.939. The average Bonchev–Trinajstić information content (AvgIpc) is 2.86. The first-order valence-electron chi connectivity index (χ1n) is 9.08. The molecule has 2 aliphatic rings. The molecule has 0 aliphatic carbocycles. The molecule has 0 bridgehead atoms. The Morgan fingerprint density at radius 2 is 1.93 bits per heavy atom. The molecule has 144 valence electrons. The SMILES string of the molecule is CC(CCN)N(C)Cc1ccc2c(c1)C(=O)N(C1CCC(=O)NC1=O)C2=O. The summed E-state index contributed by atoms with van der Waals surface area (Å²) in [5.41, 5.74) is 7.12. The number of fused-ring (bicyclic) bond motifs is 1. The van der Waals surface area contributed by atoms with Crippen molar-refractivity contribution in [3.63, 3.8) is 0 Å². The van der Waals surface area contributed by atoms with Gasteiger partial charge in [0.25, 0.3) is 11.8 Å². The van der Waals surface area contributed by atoms with Gasteiger partial charge in [0.05, 0.1) is 11.1 Å². The molecule has 0 aromatic heterocycles. The van der Waals surface area contributed by atoms with E-state index in [2.05, 4.69) is 17.1 Å². The number of rotatable bonds is 6. The van der Waals surface area contributed by atoms with Crippen molar-refractivity contribution < 1.29 is 19.2 Å². The summed E-state index contributed by atoms with van der Waals surface area (Å²) in [6, 6.07) is 4.53. The largest absolute Gasteiger partial charge is 0.330 e. The van der Waals surface area contributed by atoms with Crippen LogP contribution in [-0.2, 0) is 16.1 Å². The molecule has 4 amide bonds. The molecule has 1 aromatic rings. The van der Waals surface area contributed by atoms with Gasteiger partial charge in [0, 0.05) is 19.0 Å². The van der Waals surface area contributed by atoms with Gasteiger partial charge < -0.3 is 5.73 Å². The van der Waals surface area contributed by atoms with Crippen LogP contribution in [0.3, 0.4) is 0 Å². The van der Waals surface area contributed by atoms with Crippen molar-refractivity contribution in [3.8, 4) is 0 Å². The molecule has 0 spiro atoms. The summed E-state index contributed by atoms with van der Waals surface area (Å²) >= 11 is 0. The summed E-state index contributed by atoms with van der Waals surface area (Å²) in [4.78, 5) is 52.0. The number of hydrogen-bond acceptors (Lipinski definition) is 6. The fourth-order valence-corrected chi connectivity index (χ4v) is 3.52. The number of imide groups is 2. The van der Waals surface area contributed by atoms with E-state index in [0.29, 0.717) is 30.3 Å². The van der Waals surface area contributed by atoms with Crippen molar-refractivity contribution in [3.05, 3.63) is 34.9 Å².